The fourth-order valence-electron chi connectivity index (χ4n) is 3.40. The van der Waals surface area contributed by atoms with Crippen LogP contribution in [0.3, 0.4) is 0 Å². The summed E-state index contributed by atoms with van der Waals surface area (Å²) in [4.78, 5) is 0. The Bertz CT molecular complexity index is 1200. The lowest BCUT2D eigenvalue weighted by molar-refractivity contribution is 0.627. The van der Waals surface area contributed by atoms with E-state index in [9.17, 15) is 4.39 Å². The zero-order valence-corrected chi connectivity index (χ0v) is 14.0. The highest BCUT2D eigenvalue weighted by atomic mass is 19.1. The van der Waals surface area contributed by atoms with Crippen molar-refractivity contribution in [2.24, 2.45) is 0 Å². The van der Waals surface area contributed by atoms with Gasteiger partial charge in [0.25, 0.3) is 0 Å². The molecule has 0 amide bonds. The quantitative estimate of drug-likeness (QED) is 0.453. The first-order valence-corrected chi connectivity index (χ1v) is 8.56. The summed E-state index contributed by atoms with van der Waals surface area (Å²) in [5.41, 5.74) is 6.32. The van der Waals surface area contributed by atoms with Gasteiger partial charge in [-0.1, -0.05) is 42.5 Å². The summed E-state index contributed by atoms with van der Waals surface area (Å²) in [6.07, 6.45) is 4.81. The maximum atomic E-state index is 13.2. The molecule has 0 atom stereocenters. The van der Waals surface area contributed by atoms with Crippen molar-refractivity contribution in [3.05, 3.63) is 102 Å². The number of hydrogen-bond acceptors (Lipinski definition) is 1. The first kappa shape index (κ1) is 14.9. The molecule has 3 nitrogen and oxygen atoms in total. The molecular weight excluding hydrogens is 325 g/mol. The average molecular weight is 341 g/mol. The minimum atomic E-state index is -0.217. The van der Waals surface area contributed by atoms with E-state index in [4.69, 9.17) is 5.10 Å². The molecule has 126 valence electrons. The Morgan fingerprint density at radius 3 is 2.46 bits per heavy atom. The Labute approximate surface area is 150 Å². The van der Waals surface area contributed by atoms with Crippen LogP contribution in [0.2, 0.25) is 0 Å². The Morgan fingerprint density at radius 1 is 0.846 bits per heavy atom. The number of benzene rings is 2. The third-order valence-electron chi connectivity index (χ3n) is 4.68. The second-order valence-corrected chi connectivity index (χ2v) is 6.42. The molecule has 0 aliphatic heterocycles. The van der Waals surface area contributed by atoms with E-state index in [-0.39, 0.29) is 5.82 Å². The molecule has 0 aliphatic rings. The summed E-state index contributed by atoms with van der Waals surface area (Å²) in [6.45, 7) is 0. The van der Waals surface area contributed by atoms with Gasteiger partial charge in [0.15, 0.2) is 0 Å². The summed E-state index contributed by atoms with van der Waals surface area (Å²) < 4.78 is 17.3. The third kappa shape index (κ3) is 2.47. The van der Waals surface area contributed by atoms with Gasteiger partial charge in [-0.2, -0.15) is 5.10 Å². The van der Waals surface area contributed by atoms with Crippen molar-refractivity contribution in [2.45, 2.75) is 6.42 Å². The van der Waals surface area contributed by atoms with Crippen LogP contribution in [0.25, 0.3) is 22.3 Å². The van der Waals surface area contributed by atoms with Crippen LogP contribution < -0.4 is 0 Å². The van der Waals surface area contributed by atoms with Crippen molar-refractivity contribution < 1.29 is 4.39 Å². The van der Waals surface area contributed by atoms with E-state index in [2.05, 4.69) is 34.9 Å². The fraction of sp³-hybridized carbons (Fsp3) is 0.0455. The standard InChI is InChI=1S/C22H16FN3/c23-18-10-8-16(9-11-18)13-19-15-25-12-4-7-21(25)22-14-20(24-26(19)22)17-5-2-1-3-6-17/h1-12,14-15H,13H2. The maximum absolute atomic E-state index is 13.2. The first-order valence-electron chi connectivity index (χ1n) is 8.56. The van der Waals surface area contributed by atoms with Crippen LogP contribution in [0.5, 0.6) is 0 Å². The van der Waals surface area contributed by atoms with E-state index in [0.29, 0.717) is 6.42 Å². The lowest BCUT2D eigenvalue weighted by Gasteiger charge is -2.08. The van der Waals surface area contributed by atoms with Crippen LogP contribution in [0.15, 0.2) is 85.2 Å². The van der Waals surface area contributed by atoms with Crippen LogP contribution in [0, 0.1) is 5.82 Å². The van der Waals surface area contributed by atoms with Crippen molar-refractivity contribution in [1.29, 1.82) is 0 Å². The minimum Gasteiger partial charge on any atom is -0.320 e. The van der Waals surface area contributed by atoms with Crippen LogP contribution >= 0.6 is 0 Å². The molecule has 3 heterocycles. The second-order valence-electron chi connectivity index (χ2n) is 6.42. The average Bonchev–Trinajstić information content (AvgIpc) is 3.31. The summed E-state index contributed by atoms with van der Waals surface area (Å²) in [7, 11) is 0. The van der Waals surface area contributed by atoms with Crippen molar-refractivity contribution in [1.82, 2.24) is 14.0 Å². The van der Waals surface area contributed by atoms with Gasteiger partial charge >= 0.3 is 0 Å². The molecule has 0 fully saturated rings. The maximum Gasteiger partial charge on any atom is 0.123 e. The number of fused-ring (bicyclic) bond motifs is 3. The molecule has 0 unspecified atom stereocenters. The summed E-state index contributed by atoms with van der Waals surface area (Å²) in [6, 6.07) is 23.1. The molecule has 4 heteroatoms. The smallest absolute Gasteiger partial charge is 0.123 e. The molecule has 0 saturated carbocycles. The second kappa shape index (κ2) is 5.85. The van der Waals surface area contributed by atoms with Gasteiger partial charge in [0.05, 0.1) is 22.4 Å². The van der Waals surface area contributed by atoms with Crippen molar-refractivity contribution in [3.63, 3.8) is 0 Å². The Hall–Kier alpha value is -3.40. The highest BCUT2D eigenvalue weighted by Gasteiger charge is 2.12. The van der Waals surface area contributed by atoms with Gasteiger partial charge in [-0.05, 0) is 35.9 Å². The number of rotatable bonds is 3. The lowest BCUT2D eigenvalue weighted by Crippen LogP contribution is -2.03. The highest BCUT2D eigenvalue weighted by Crippen LogP contribution is 2.24. The highest BCUT2D eigenvalue weighted by molar-refractivity contribution is 5.80. The van der Waals surface area contributed by atoms with Gasteiger partial charge in [-0.15, -0.1) is 0 Å². The first-order chi connectivity index (χ1) is 12.8. The molecule has 26 heavy (non-hydrogen) atoms. The third-order valence-corrected chi connectivity index (χ3v) is 4.68. The molecule has 0 spiro atoms. The molecule has 5 rings (SSSR count). The molecule has 5 aromatic rings. The van der Waals surface area contributed by atoms with E-state index in [0.717, 1.165) is 33.5 Å². The molecule has 3 aromatic heterocycles. The van der Waals surface area contributed by atoms with E-state index >= 15 is 0 Å². The van der Waals surface area contributed by atoms with Gasteiger partial charge in [0.2, 0.25) is 0 Å². The number of hydrogen-bond donors (Lipinski definition) is 0. The van der Waals surface area contributed by atoms with Gasteiger partial charge in [0.1, 0.15) is 5.82 Å². The largest absolute Gasteiger partial charge is 0.320 e. The SMILES string of the molecule is Fc1ccc(Cc2cn3cccc3c3cc(-c4ccccc4)nn23)cc1. The molecular formula is C22H16FN3. The van der Waals surface area contributed by atoms with Crippen molar-refractivity contribution in [2.75, 3.05) is 0 Å². The van der Waals surface area contributed by atoms with Crippen LogP contribution in [-0.4, -0.2) is 14.0 Å². The van der Waals surface area contributed by atoms with E-state index < -0.39 is 0 Å². The van der Waals surface area contributed by atoms with Crippen molar-refractivity contribution in [3.8, 4) is 11.3 Å². The Morgan fingerprint density at radius 2 is 1.65 bits per heavy atom. The monoisotopic (exact) mass is 341 g/mol. The van der Waals surface area contributed by atoms with Gasteiger partial charge in [0, 0.05) is 24.4 Å². The topological polar surface area (TPSA) is 21.7 Å². The van der Waals surface area contributed by atoms with Crippen molar-refractivity contribution >= 4 is 11.0 Å². The van der Waals surface area contributed by atoms with Gasteiger partial charge in [-0.25, -0.2) is 8.91 Å². The predicted molar refractivity (Wildman–Crippen MR) is 101 cm³/mol. The number of aromatic nitrogens is 3. The molecule has 0 N–H and O–H groups in total. The lowest BCUT2D eigenvalue weighted by atomic mass is 10.1. The zero-order chi connectivity index (χ0) is 17.5. The summed E-state index contributed by atoms with van der Waals surface area (Å²) >= 11 is 0. The zero-order valence-electron chi connectivity index (χ0n) is 14.0. The van der Waals surface area contributed by atoms with Gasteiger partial charge < -0.3 is 4.40 Å². The Balaban J connectivity index is 1.70. The molecule has 0 saturated heterocycles. The van der Waals surface area contributed by atoms with Gasteiger partial charge in [-0.3, -0.25) is 0 Å². The van der Waals surface area contributed by atoms with E-state index in [1.165, 1.54) is 12.1 Å². The fourth-order valence-corrected chi connectivity index (χ4v) is 3.40. The van der Waals surface area contributed by atoms with Crippen LogP contribution in [0.4, 0.5) is 4.39 Å². The van der Waals surface area contributed by atoms with E-state index in [1.807, 2.05) is 47.1 Å². The summed E-state index contributed by atoms with van der Waals surface area (Å²) in [5.74, 6) is -0.217. The summed E-state index contributed by atoms with van der Waals surface area (Å²) in [5, 5.41) is 4.86. The predicted octanol–water partition coefficient (Wildman–Crippen LogP) is 4.98. The number of nitrogens with zero attached hydrogens (tertiary/aromatic N) is 3. The molecule has 0 bridgehead atoms. The molecule has 2 aromatic carbocycles. The van der Waals surface area contributed by atoms with Crippen LogP contribution in [0.1, 0.15) is 11.3 Å². The molecule has 0 radical (unpaired) electrons. The minimum absolute atomic E-state index is 0.217. The number of halogens is 1. The van der Waals surface area contributed by atoms with E-state index in [1.54, 1.807) is 0 Å². The van der Waals surface area contributed by atoms with Crippen LogP contribution in [-0.2, 0) is 6.42 Å². The normalized spacial score (nSPS) is 11.4. The molecule has 0 aliphatic carbocycles. The Kier molecular flexibility index (Phi) is 3.35.